The Bertz CT molecular complexity index is 880. The maximum absolute atomic E-state index is 6.21. The van der Waals surface area contributed by atoms with Crippen LogP contribution in [0.5, 0.6) is 5.75 Å². The lowest BCUT2D eigenvalue weighted by Crippen LogP contribution is -1.93. The minimum Gasteiger partial charge on any atom is -0.496 e. The average molecular weight is 378 g/mol. The van der Waals surface area contributed by atoms with Crippen molar-refractivity contribution in [3.63, 3.8) is 0 Å². The summed E-state index contributed by atoms with van der Waals surface area (Å²) < 4.78 is 5.28. The van der Waals surface area contributed by atoms with Crippen LogP contribution in [0.3, 0.4) is 0 Å². The molecule has 0 radical (unpaired) electrons. The molecular weight excluding hydrogens is 365 g/mol. The van der Waals surface area contributed by atoms with Crippen molar-refractivity contribution in [2.75, 3.05) is 12.5 Å². The molecule has 1 aromatic heterocycles. The second-order valence-electron chi connectivity index (χ2n) is 4.77. The molecule has 3 aromatic rings. The summed E-state index contributed by atoms with van der Waals surface area (Å²) in [5, 5.41) is 7.95. The van der Waals surface area contributed by atoms with Crippen LogP contribution in [0.15, 0.2) is 52.9 Å². The zero-order valence-electron chi connectivity index (χ0n) is 12.7. The number of benzene rings is 2. The number of thiazole rings is 1. The average Bonchev–Trinajstić information content (AvgIpc) is 3.04. The van der Waals surface area contributed by atoms with Crippen molar-refractivity contribution in [1.82, 2.24) is 4.98 Å². The monoisotopic (exact) mass is 377 g/mol. The van der Waals surface area contributed by atoms with Crippen molar-refractivity contribution >= 4 is 45.9 Å². The molecule has 4 nitrogen and oxygen atoms in total. The molecule has 0 spiro atoms. The van der Waals surface area contributed by atoms with E-state index in [-0.39, 0.29) is 0 Å². The first-order valence-corrected chi connectivity index (χ1v) is 8.64. The van der Waals surface area contributed by atoms with E-state index in [0.717, 1.165) is 22.6 Å². The van der Waals surface area contributed by atoms with Crippen molar-refractivity contribution in [3.8, 4) is 17.0 Å². The summed E-state index contributed by atoms with van der Waals surface area (Å²) in [5.74, 6) is 0.760. The molecule has 0 saturated carbocycles. The second kappa shape index (κ2) is 7.66. The maximum atomic E-state index is 6.21. The molecule has 0 atom stereocenters. The summed E-state index contributed by atoms with van der Waals surface area (Å²) in [6.45, 7) is 0. The van der Waals surface area contributed by atoms with E-state index in [1.165, 1.54) is 11.3 Å². The molecule has 2 aromatic carbocycles. The molecule has 24 heavy (non-hydrogen) atoms. The van der Waals surface area contributed by atoms with Gasteiger partial charge in [0.05, 0.1) is 24.0 Å². The lowest BCUT2D eigenvalue weighted by atomic mass is 10.2. The van der Waals surface area contributed by atoms with Gasteiger partial charge in [0.2, 0.25) is 5.13 Å². The van der Waals surface area contributed by atoms with Crippen molar-refractivity contribution < 1.29 is 4.74 Å². The predicted molar refractivity (Wildman–Crippen MR) is 102 cm³/mol. The van der Waals surface area contributed by atoms with E-state index in [1.807, 2.05) is 35.7 Å². The Morgan fingerprint density at radius 2 is 2.04 bits per heavy atom. The zero-order chi connectivity index (χ0) is 16.9. The predicted octanol–water partition coefficient (Wildman–Crippen LogP) is 5.57. The number of methoxy groups -OCH3 is 1. The summed E-state index contributed by atoms with van der Waals surface area (Å²) in [6.07, 6.45) is 1.69. The van der Waals surface area contributed by atoms with Gasteiger partial charge in [-0.15, -0.1) is 11.3 Å². The normalized spacial score (nSPS) is 11.0. The number of hydrogen-bond acceptors (Lipinski definition) is 5. The molecule has 0 bridgehead atoms. The highest BCUT2D eigenvalue weighted by molar-refractivity contribution is 7.14. The van der Waals surface area contributed by atoms with Gasteiger partial charge in [-0.25, -0.2) is 4.98 Å². The third-order valence-electron chi connectivity index (χ3n) is 3.21. The third kappa shape index (κ3) is 3.87. The molecule has 1 N–H and O–H groups in total. The van der Waals surface area contributed by atoms with Gasteiger partial charge in [0, 0.05) is 21.5 Å². The van der Waals surface area contributed by atoms with Crippen LogP contribution in [-0.4, -0.2) is 18.3 Å². The van der Waals surface area contributed by atoms with Crippen LogP contribution in [0.2, 0.25) is 10.0 Å². The number of ether oxygens (including phenoxy) is 1. The van der Waals surface area contributed by atoms with Gasteiger partial charge >= 0.3 is 0 Å². The van der Waals surface area contributed by atoms with Crippen molar-refractivity contribution in [2.45, 2.75) is 0 Å². The number of para-hydroxylation sites is 1. The van der Waals surface area contributed by atoms with E-state index in [4.69, 9.17) is 27.9 Å². The van der Waals surface area contributed by atoms with E-state index in [1.54, 1.807) is 25.5 Å². The van der Waals surface area contributed by atoms with Crippen molar-refractivity contribution in [2.24, 2.45) is 5.10 Å². The van der Waals surface area contributed by atoms with Gasteiger partial charge in [-0.05, 0) is 30.3 Å². The molecule has 0 saturated heterocycles. The topological polar surface area (TPSA) is 46.5 Å². The van der Waals surface area contributed by atoms with E-state index in [9.17, 15) is 0 Å². The second-order valence-corrected chi connectivity index (χ2v) is 6.48. The third-order valence-corrected chi connectivity index (χ3v) is 4.51. The van der Waals surface area contributed by atoms with Crippen LogP contribution in [0.25, 0.3) is 11.3 Å². The fourth-order valence-electron chi connectivity index (χ4n) is 2.08. The van der Waals surface area contributed by atoms with E-state index in [2.05, 4.69) is 15.5 Å². The first kappa shape index (κ1) is 16.8. The van der Waals surface area contributed by atoms with Crippen molar-refractivity contribution in [1.29, 1.82) is 0 Å². The molecule has 0 aliphatic carbocycles. The van der Waals surface area contributed by atoms with Crippen LogP contribution in [0.4, 0.5) is 5.13 Å². The number of hydrazone groups is 1. The molecule has 7 heteroatoms. The Hall–Kier alpha value is -2.08. The molecule has 0 aliphatic rings. The van der Waals surface area contributed by atoms with Gasteiger partial charge in [-0.1, -0.05) is 35.3 Å². The molecule has 0 unspecified atom stereocenters. The molecule has 1 heterocycles. The van der Waals surface area contributed by atoms with Crippen LogP contribution < -0.4 is 10.2 Å². The Kier molecular flexibility index (Phi) is 5.35. The Morgan fingerprint density at radius 1 is 1.21 bits per heavy atom. The zero-order valence-corrected chi connectivity index (χ0v) is 15.0. The number of rotatable bonds is 5. The lowest BCUT2D eigenvalue weighted by Gasteiger charge is -2.02. The summed E-state index contributed by atoms with van der Waals surface area (Å²) in [7, 11) is 1.63. The number of hydrogen-bond donors (Lipinski definition) is 1. The number of nitrogens with zero attached hydrogens (tertiary/aromatic N) is 2. The summed E-state index contributed by atoms with van der Waals surface area (Å²) in [5.41, 5.74) is 5.40. The van der Waals surface area contributed by atoms with Crippen LogP contribution in [0.1, 0.15) is 5.56 Å². The number of aromatic nitrogens is 1. The van der Waals surface area contributed by atoms with E-state index in [0.29, 0.717) is 15.2 Å². The first-order valence-electron chi connectivity index (χ1n) is 7.00. The maximum Gasteiger partial charge on any atom is 0.203 e. The van der Waals surface area contributed by atoms with E-state index >= 15 is 0 Å². The van der Waals surface area contributed by atoms with Gasteiger partial charge in [0.25, 0.3) is 0 Å². The fraction of sp³-hybridized carbons (Fsp3) is 0.0588. The Morgan fingerprint density at radius 3 is 2.83 bits per heavy atom. The molecule has 0 amide bonds. The first-order chi connectivity index (χ1) is 11.7. The van der Waals surface area contributed by atoms with Crippen LogP contribution in [0, 0.1) is 0 Å². The fourth-order valence-corrected chi connectivity index (χ4v) is 3.24. The summed E-state index contributed by atoms with van der Waals surface area (Å²) >= 11 is 13.6. The van der Waals surface area contributed by atoms with Gasteiger partial charge in [-0.2, -0.15) is 5.10 Å². The molecule has 3 rings (SSSR count). The van der Waals surface area contributed by atoms with Gasteiger partial charge in [0.15, 0.2) is 0 Å². The quantitative estimate of drug-likeness (QED) is 0.466. The number of nitrogens with one attached hydrogen (secondary N) is 1. The number of halogens is 2. The minimum absolute atomic E-state index is 0.567. The largest absolute Gasteiger partial charge is 0.496 e. The Labute approximate surface area is 153 Å². The lowest BCUT2D eigenvalue weighted by molar-refractivity contribution is 0.414. The van der Waals surface area contributed by atoms with Crippen LogP contribution in [-0.2, 0) is 0 Å². The highest BCUT2D eigenvalue weighted by Gasteiger charge is 2.08. The van der Waals surface area contributed by atoms with Gasteiger partial charge in [-0.3, -0.25) is 5.43 Å². The smallest absolute Gasteiger partial charge is 0.203 e. The molecule has 0 fully saturated rings. The SMILES string of the molecule is COc1ccccc1/C=N\Nc1nc(-c2ccc(Cl)cc2Cl)cs1. The van der Waals surface area contributed by atoms with Crippen LogP contribution >= 0.6 is 34.5 Å². The summed E-state index contributed by atoms with van der Waals surface area (Å²) in [6, 6.07) is 13.0. The van der Waals surface area contributed by atoms with Crippen molar-refractivity contribution in [3.05, 3.63) is 63.5 Å². The highest BCUT2D eigenvalue weighted by atomic mass is 35.5. The minimum atomic E-state index is 0.567. The highest BCUT2D eigenvalue weighted by Crippen LogP contribution is 2.32. The van der Waals surface area contributed by atoms with E-state index < -0.39 is 0 Å². The Balaban J connectivity index is 1.73. The van der Waals surface area contributed by atoms with Gasteiger partial charge in [0.1, 0.15) is 5.75 Å². The molecule has 0 aliphatic heterocycles. The summed E-state index contributed by atoms with van der Waals surface area (Å²) in [4.78, 5) is 4.48. The molecule has 122 valence electrons. The standard InChI is InChI=1S/C17H13Cl2N3OS/c1-23-16-5-3-2-4-11(16)9-20-22-17-21-15(10-24-17)13-7-6-12(18)8-14(13)19/h2-10H,1H3,(H,21,22)/b20-9-. The molecular formula is C17H13Cl2N3OS. The van der Waals surface area contributed by atoms with Gasteiger partial charge < -0.3 is 4.74 Å². The number of anilines is 1.